The highest BCUT2D eigenvalue weighted by Crippen LogP contribution is 2.44. The summed E-state index contributed by atoms with van der Waals surface area (Å²) in [5, 5.41) is -0.595. The molecule has 208 valence electrons. The zero-order chi connectivity index (χ0) is 26.3. The van der Waals surface area contributed by atoms with Crippen LogP contribution in [-0.4, -0.2) is 30.9 Å². The first-order chi connectivity index (χ1) is 16.8. The normalized spacial score (nSPS) is 14.0. The quantitative estimate of drug-likeness (QED) is 0.0500. The summed E-state index contributed by atoms with van der Waals surface area (Å²) in [7, 11) is 3.68. The number of rotatable bonds is 26. The summed E-state index contributed by atoms with van der Waals surface area (Å²) in [5.41, 5.74) is 0. The smallest absolute Gasteiger partial charge is 0.314 e. The molecule has 0 saturated heterocycles. The Morgan fingerprint density at radius 3 is 1.23 bits per heavy atom. The summed E-state index contributed by atoms with van der Waals surface area (Å²) in [4.78, 5) is 0. The van der Waals surface area contributed by atoms with Gasteiger partial charge in [0, 0.05) is 12.8 Å². The van der Waals surface area contributed by atoms with E-state index < -0.39 is 13.0 Å². The fourth-order valence-corrected chi connectivity index (χ4v) is 6.58. The van der Waals surface area contributed by atoms with E-state index in [9.17, 15) is 9.13 Å². The largest absolute Gasteiger partial charge is 0.378 e. The molecule has 0 aliphatic rings. The Balaban J connectivity index is 3.57. The fourth-order valence-electron chi connectivity index (χ4n) is 5.34. The average Bonchev–Trinajstić information content (AvgIpc) is 2.80. The molecular weight excluding hydrogens is 449 g/mol. The molecule has 0 aromatic heterocycles. The number of allylic oxidation sites excluding steroid dienone is 2. The zero-order valence-corrected chi connectivity index (χ0v) is 25.5. The van der Waals surface area contributed by atoms with Gasteiger partial charge in [-0.05, 0) is 38.5 Å². The van der Waals surface area contributed by atoms with Crippen molar-refractivity contribution in [2.24, 2.45) is 0 Å². The van der Waals surface area contributed by atoms with Crippen molar-refractivity contribution in [1.82, 2.24) is 0 Å². The molecule has 0 radical (unpaired) electrons. The van der Waals surface area contributed by atoms with Gasteiger partial charge in [-0.3, -0.25) is 0 Å². The Labute approximate surface area is 221 Å². The second kappa shape index (κ2) is 22.8. The third-order valence-corrected chi connectivity index (χ3v) is 9.55. The fraction of sp³-hybridized carbons (Fsp3) is 0.935. The van der Waals surface area contributed by atoms with Crippen LogP contribution in [-0.2, 0) is 9.13 Å². The molecule has 0 rings (SSSR count). The predicted octanol–water partition coefficient (Wildman–Crippen LogP) is 11.1. The van der Waals surface area contributed by atoms with Crippen LogP contribution in [0.1, 0.15) is 162 Å². The highest BCUT2D eigenvalue weighted by Gasteiger charge is 2.47. The predicted molar refractivity (Wildman–Crippen MR) is 156 cm³/mol. The molecule has 0 heterocycles. The van der Waals surface area contributed by atoms with E-state index in [4.69, 9.17) is 0 Å². The van der Waals surface area contributed by atoms with Gasteiger partial charge in [0.05, 0.1) is 21.1 Å². The summed E-state index contributed by atoms with van der Waals surface area (Å²) in [6, 6.07) is 0. The molecule has 3 nitrogen and oxygen atoms in total. The highest BCUT2D eigenvalue weighted by molar-refractivity contribution is 7.32. The number of nitrogens with zero attached hydrogens (tertiary/aromatic N) is 1. The molecule has 0 aliphatic carbocycles. The van der Waals surface area contributed by atoms with Gasteiger partial charge in [0.2, 0.25) is 5.28 Å². The van der Waals surface area contributed by atoms with E-state index in [1.165, 1.54) is 116 Å². The van der Waals surface area contributed by atoms with Crippen molar-refractivity contribution >= 4 is 7.68 Å². The molecule has 35 heavy (non-hydrogen) atoms. The van der Waals surface area contributed by atoms with Crippen LogP contribution in [0.25, 0.3) is 0 Å². The first-order valence-electron chi connectivity index (χ1n) is 15.4. The number of unbranched alkanes of at least 4 members (excludes halogenated alkanes) is 18. The Bertz CT molecular complexity index is 557. The lowest BCUT2D eigenvalue weighted by Crippen LogP contribution is -2.53. The van der Waals surface area contributed by atoms with E-state index in [2.05, 4.69) is 26.0 Å². The van der Waals surface area contributed by atoms with Gasteiger partial charge in [0.15, 0.2) is 0 Å². The van der Waals surface area contributed by atoms with Crippen LogP contribution in [0.3, 0.4) is 0 Å². The lowest BCUT2D eigenvalue weighted by Gasteiger charge is -2.41. The Kier molecular flexibility index (Phi) is 22.5. The van der Waals surface area contributed by atoms with Crippen LogP contribution in [0, 0.1) is 0 Å². The van der Waals surface area contributed by atoms with Crippen molar-refractivity contribution < 1.29 is 13.6 Å². The summed E-state index contributed by atoms with van der Waals surface area (Å²) >= 11 is 0. The van der Waals surface area contributed by atoms with Crippen LogP contribution < -0.4 is 0 Å². The van der Waals surface area contributed by atoms with Crippen molar-refractivity contribution in [3.63, 3.8) is 0 Å². The van der Waals surface area contributed by atoms with Crippen LogP contribution >= 0.6 is 7.68 Å². The highest BCUT2D eigenvalue weighted by atomic mass is 31.1. The average molecular weight is 513 g/mol. The molecule has 0 aromatic carbocycles. The first-order valence-corrected chi connectivity index (χ1v) is 16.6. The number of hydrogen-bond acceptors (Lipinski definition) is 2. The van der Waals surface area contributed by atoms with Crippen LogP contribution in [0.4, 0.5) is 0 Å². The Morgan fingerprint density at radius 2 is 0.886 bits per heavy atom. The molecule has 0 fully saturated rings. The first kappa shape index (κ1) is 34.6. The van der Waals surface area contributed by atoms with Crippen molar-refractivity contribution in [3.05, 3.63) is 12.2 Å². The van der Waals surface area contributed by atoms with E-state index in [0.717, 1.165) is 32.1 Å². The topological polar surface area (TPSA) is 34.1 Å². The van der Waals surface area contributed by atoms with Gasteiger partial charge in [-0.25, -0.2) is 9.13 Å². The van der Waals surface area contributed by atoms with Crippen molar-refractivity contribution in [3.8, 4) is 0 Å². The maximum Gasteiger partial charge on any atom is 0.378 e. The van der Waals surface area contributed by atoms with Crippen molar-refractivity contribution in [2.75, 3.05) is 21.1 Å². The minimum absolute atomic E-state index is 0.519. The molecule has 0 aliphatic heterocycles. The van der Waals surface area contributed by atoms with Gasteiger partial charge in [-0.15, -0.1) is 0 Å². The maximum atomic E-state index is 12.1. The van der Waals surface area contributed by atoms with E-state index in [-0.39, 0.29) is 0 Å². The molecule has 1 atom stereocenters. The molecular formula is C31H63NO2P+. The molecule has 0 saturated carbocycles. The van der Waals surface area contributed by atoms with Crippen LogP contribution in [0.15, 0.2) is 12.2 Å². The van der Waals surface area contributed by atoms with Crippen molar-refractivity contribution in [1.29, 1.82) is 0 Å². The number of quaternary nitrogens is 1. The number of hydrogen-bond donors (Lipinski definition) is 0. The zero-order valence-electron chi connectivity index (χ0n) is 24.6. The van der Waals surface area contributed by atoms with Crippen LogP contribution in [0.2, 0.25) is 0 Å². The second-order valence-electron chi connectivity index (χ2n) is 11.8. The molecule has 0 bridgehead atoms. The van der Waals surface area contributed by atoms with Crippen molar-refractivity contribution in [2.45, 2.75) is 167 Å². The monoisotopic (exact) mass is 512 g/mol. The molecule has 1 unspecified atom stereocenters. The van der Waals surface area contributed by atoms with Gasteiger partial charge in [0.1, 0.15) is 0 Å². The van der Waals surface area contributed by atoms with Gasteiger partial charge in [-0.2, -0.15) is 0 Å². The van der Waals surface area contributed by atoms with Gasteiger partial charge >= 0.3 is 7.68 Å². The minimum atomic E-state index is -2.43. The second-order valence-corrected chi connectivity index (χ2v) is 13.2. The third-order valence-electron chi connectivity index (χ3n) is 7.83. The summed E-state index contributed by atoms with van der Waals surface area (Å²) in [5.74, 6) is 0. The van der Waals surface area contributed by atoms with E-state index in [0.29, 0.717) is 4.48 Å². The third kappa shape index (κ3) is 17.6. The Hall–Kier alpha value is -0.400. The van der Waals surface area contributed by atoms with Gasteiger partial charge < -0.3 is 4.48 Å². The van der Waals surface area contributed by atoms with Gasteiger partial charge in [-0.1, -0.05) is 122 Å². The minimum Gasteiger partial charge on any atom is -0.314 e. The lowest BCUT2D eigenvalue weighted by atomic mass is 9.99. The molecule has 0 amide bonds. The summed E-state index contributed by atoms with van der Waals surface area (Å²) in [6.07, 6.45) is 34.1. The van der Waals surface area contributed by atoms with E-state index in [1.54, 1.807) is 0 Å². The van der Waals surface area contributed by atoms with Crippen LogP contribution in [0.5, 0.6) is 0 Å². The van der Waals surface area contributed by atoms with E-state index >= 15 is 0 Å². The van der Waals surface area contributed by atoms with Gasteiger partial charge in [0.25, 0.3) is 0 Å². The molecule has 4 heteroatoms. The Morgan fingerprint density at radius 1 is 0.514 bits per heavy atom. The summed E-state index contributed by atoms with van der Waals surface area (Å²) in [6.45, 7) is 4.38. The molecule has 0 spiro atoms. The summed E-state index contributed by atoms with van der Waals surface area (Å²) < 4.78 is 24.8. The SMILES string of the molecule is CCCCCCCCCCCCCCC=CCCCCCCCCC(CCC)(P(=O)=O)[N+](C)(C)C. The lowest BCUT2D eigenvalue weighted by molar-refractivity contribution is -0.908. The molecule has 0 N–H and O–H groups in total. The standard InChI is InChI=1S/C31H63NO2P/c1-6-8-9-10-11-12-13-14-15-16-17-18-19-20-21-22-23-24-25-26-27-28-30-31(29-7-2,35(33)34)32(3,4)5/h20-21H,6-19,22-30H2,1-5H3/q+1. The maximum absolute atomic E-state index is 12.1. The molecule has 0 aromatic rings. The van der Waals surface area contributed by atoms with E-state index in [1.807, 2.05) is 21.1 Å².